The van der Waals surface area contributed by atoms with Crippen LogP contribution in [0.2, 0.25) is 0 Å². The molecule has 0 aliphatic carbocycles. The highest BCUT2D eigenvalue weighted by atomic mass is 32.2. The first-order valence-corrected chi connectivity index (χ1v) is 6.52. The van der Waals surface area contributed by atoms with Crippen molar-refractivity contribution in [3.05, 3.63) is 24.0 Å². The molecule has 1 aromatic rings. The summed E-state index contributed by atoms with van der Waals surface area (Å²) in [6.07, 6.45) is 0.0763. The van der Waals surface area contributed by atoms with Crippen molar-refractivity contribution < 1.29 is 22.3 Å². The number of esters is 1. The number of ether oxygens (including phenoxy) is 1. The largest absolute Gasteiger partial charge is 0.469 e. The minimum absolute atomic E-state index is 0.0763. The smallest absolute Gasteiger partial charge is 0.307 e. The lowest BCUT2D eigenvalue weighted by molar-refractivity contribution is -0.140. The molecule has 1 rings (SSSR count). The van der Waals surface area contributed by atoms with Crippen LogP contribution in [0, 0.1) is 5.82 Å². The molecular weight excluding hydrogens is 263 g/mol. The minimum atomic E-state index is -3.92. The maximum atomic E-state index is 13.5. The Kier molecular flexibility index (Phi) is 4.62. The number of nitrogens with two attached hydrogens (primary N) is 1. The Balaban J connectivity index is 2.72. The van der Waals surface area contributed by atoms with Crippen LogP contribution in [-0.4, -0.2) is 28.0 Å². The number of benzene rings is 1. The van der Waals surface area contributed by atoms with E-state index in [1.54, 1.807) is 0 Å². The van der Waals surface area contributed by atoms with Crippen LogP contribution < -0.4 is 10.5 Å². The zero-order valence-corrected chi connectivity index (χ0v) is 10.5. The number of hydrogen-bond donors (Lipinski definition) is 2. The van der Waals surface area contributed by atoms with Crippen molar-refractivity contribution in [1.82, 2.24) is 0 Å². The maximum absolute atomic E-state index is 13.5. The quantitative estimate of drug-likeness (QED) is 0.761. The van der Waals surface area contributed by atoms with Gasteiger partial charge in [-0.25, -0.2) is 17.9 Å². The van der Waals surface area contributed by atoms with Crippen molar-refractivity contribution in [2.45, 2.75) is 11.3 Å². The zero-order chi connectivity index (χ0) is 13.8. The molecule has 0 aromatic heterocycles. The molecule has 6 nitrogen and oxygen atoms in total. The Morgan fingerprint density at radius 1 is 1.50 bits per heavy atom. The van der Waals surface area contributed by atoms with Crippen molar-refractivity contribution in [2.75, 3.05) is 19.0 Å². The number of carbonyl (C=O) groups excluding carboxylic acids is 1. The third-order valence-corrected chi connectivity index (χ3v) is 3.05. The van der Waals surface area contributed by atoms with Gasteiger partial charge in [0, 0.05) is 6.54 Å². The van der Waals surface area contributed by atoms with E-state index in [4.69, 9.17) is 5.14 Å². The molecular formula is C10H13FN2O4S. The van der Waals surface area contributed by atoms with Gasteiger partial charge in [-0.05, 0) is 18.2 Å². The molecule has 0 radical (unpaired) electrons. The van der Waals surface area contributed by atoms with Crippen LogP contribution in [-0.2, 0) is 19.6 Å². The lowest BCUT2D eigenvalue weighted by atomic mass is 10.3. The topological polar surface area (TPSA) is 98.5 Å². The van der Waals surface area contributed by atoms with E-state index in [1.807, 2.05) is 0 Å². The molecule has 3 N–H and O–H groups in total. The van der Waals surface area contributed by atoms with Crippen LogP contribution in [0.1, 0.15) is 6.42 Å². The van der Waals surface area contributed by atoms with Gasteiger partial charge in [0.2, 0.25) is 10.0 Å². The van der Waals surface area contributed by atoms with E-state index < -0.39 is 21.8 Å². The van der Waals surface area contributed by atoms with Crippen molar-refractivity contribution in [2.24, 2.45) is 5.14 Å². The summed E-state index contributed by atoms with van der Waals surface area (Å²) < 4.78 is 39.8. The average Bonchev–Trinajstić information content (AvgIpc) is 2.29. The molecule has 0 saturated heterocycles. The summed E-state index contributed by atoms with van der Waals surface area (Å²) in [6, 6.07) is 3.24. The molecule has 0 bridgehead atoms. The first-order valence-electron chi connectivity index (χ1n) is 4.97. The van der Waals surface area contributed by atoms with E-state index in [0.29, 0.717) is 0 Å². The van der Waals surface area contributed by atoms with Gasteiger partial charge in [0.1, 0.15) is 5.82 Å². The molecule has 1 aromatic carbocycles. The van der Waals surface area contributed by atoms with Gasteiger partial charge in [-0.3, -0.25) is 4.79 Å². The van der Waals surface area contributed by atoms with Crippen LogP contribution in [0.15, 0.2) is 23.1 Å². The maximum Gasteiger partial charge on any atom is 0.307 e. The van der Waals surface area contributed by atoms with E-state index >= 15 is 0 Å². The number of sulfonamides is 1. The number of anilines is 1. The van der Waals surface area contributed by atoms with Gasteiger partial charge >= 0.3 is 5.97 Å². The fourth-order valence-electron chi connectivity index (χ4n) is 1.22. The van der Waals surface area contributed by atoms with E-state index in [0.717, 1.165) is 6.07 Å². The Morgan fingerprint density at radius 3 is 2.67 bits per heavy atom. The predicted molar refractivity (Wildman–Crippen MR) is 62.9 cm³/mol. The van der Waals surface area contributed by atoms with Gasteiger partial charge in [0.15, 0.2) is 0 Å². The van der Waals surface area contributed by atoms with E-state index in [2.05, 4.69) is 10.1 Å². The summed E-state index contributed by atoms with van der Waals surface area (Å²) in [5, 5.41) is 7.50. The summed E-state index contributed by atoms with van der Waals surface area (Å²) in [7, 11) is -2.67. The number of methoxy groups -OCH3 is 1. The Bertz CT molecular complexity index is 545. The van der Waals surface area contributed by atoms with E-state index in [9.17, 15) is 17.6 Å². The van der Waals surface area contributed by atoms with Gasteiger partial charge in [0.25, 0.3) is 0 Å². The molecule has 18 heavy (non-hydrogen) atoms. The molecule has 100 valence electrons. The Morgan fingerprint density at radius 2 is 2.17 bits per heavy atom. The van der Waals surface area contributed by atoms with Crippen LogP contribution in [0.25, 0.3) is 0 Å². The number of carbonyl (C=O) groups is 1. The van der Waals surface area contributed by atoms with Gasteiger partial charge in [-0.1, -0.05) is 0 Å². The lowest BCUT2D eigenvalue weighted by Gasteiger charge is -2.07. The van der Waals surface area contributed by atoms with Crippen LogP contribution in [0.5, 0.6) is 0 Å². The van der Waals surface area contributed by atoms with Gasteiger partial charge < -0.3 is 10.1 Å². The third kappa shape index (κ3) is 3.97. The first kappa shape index (κ1) is 14.4. The van der Waals surface area contributed by atoms with Crippen LogP contribution in [0.4, 0.5) is 10.1 Å². The molecule has 0 heterocycles. The Labute approximate surface area is 104 Å². The third-order valence-electron chi connectivity index (χ3n) is 2.14. The normalized spacial score (nSPS) is 11.1. The molecule has 0 spiro atoms. The SMILES string of the molecule is COC(=O)CCNc1ccc(S(N)(=O)=O)cc1F. The zero-order valence-electron chi connectivity index (χ0n) is 9.64. The number of hydrogen-bond acceptors (Lipinski definition) is 5. The standard InChI is InChI=1S/C10H13FN2O4S/c1-17-10(14)4-5-13-9-3-2-7(6-8(9)11)18(12,15)16/h2-3,6,13H,4-5H2,1H3,(H2,12,15,16). The highest BCUT2D eigenvalue weighted by Crippen LogP contribution is 2.18. The van der Waals surface area contributed by atoms with Crippen molar-refractivity contribution >= 4 is 21.7 Å². The number of rotatable bonds is 5. The minimum Gasteiger partial charge on any atom is -0.469 e. The van der Waals surface area contributed by atoms with Crippen molar-refractivity contribution in [3.8, 4) is 0 Å². The molecule has 0 aliphatic rings. The second-order valence-electron chi connectivity index (χ2n) is 3.44. The van der Waals surface area contributed by atoms with Crippen molar-refractivity contribution in [3.63, 3.8) is 0 Å². The highest BCUT2D eigenvalue weighted by Gasteiger charge is 2.11. The number of nitrogens with one attached hydrogen (secondary N) is 1. The lowest BCUT2D eigenvalue weighted by Crippen LogP contribution is -2.13. The summed E-state index contributed by atoms with van der Waals surface area (Å²) >= 11 is 0. The average molecular weight is 276 g/mol. The summed E-state index contributed by atoms with van der Waals surface area (Å²) in [5.74, 6) is -1.18. The van der Waals surface area contributed by atoms with E-state index in [-0.39, 0.29) is 23.5 Å². The first-order chi connectivity index (χ1) is 8.34. The molecule has 0 aliphatic heterocycles. The van der Waals surface area contributed by atoms with Gasteiger partial charge in [-0.2, -0.15) is 0 Å². The molecule has 0 fully saturated rings. The molecule has 0 unspecified atom stereocenters. The van der Waals surface area contributed by atoms with Crippen molar-refractivity contribution in [1.29, 1.82) is 0 Å². The summed E-state index contributed by atoms with van der Waals surface area (Å²) in [5.41, 5.74) is 0.0892. The molecule has 0 saturated carbocycles. The summed E-state index contributed by atoms with van der Waals surface area (Å²) in [4.78, 5) is 10.5. The molecule has 0 amide bonds. The number of primary sulfonamides is 1. The fraction of sp³-hybridized carbons (Fsp3) is 0.300. The predicted octanol–water partition coefficient (Wildman–Crippen LogP) is 0.448. The number of halogens is 1. The highest BCUT2D eigenvalue weighted by molar-refractivity contribution is 7.89. The van der Waals surface area contributed by atoms with Crippen LogP contribution in [0.3, 0.4) is 0 Å². The van der Waals surface area contributed by atoms with Gasteiger partial charge in [-0.15, -0.1) is 0 Å². The molecule has 0 atom stereocenters. The Hall–Kier alpha value is -1.67. The van der Waals surface area contributed by atoms with E-state index in [1.165, 1.54) is 19.2 Å². The van der Waals surface area contributed by atoms with Crippen LogP contribution >= 0.6 is 0 Å². The molecule has 8 heteroatoms. The summed E-state index contributed by atoms with van der Waals surface area (Å²) in [6.45, 7) is 0.179. The monoisotopic (exact) mass is 276 g/mol. The second-order valence-corrected chi connectivity index (χ2v) is 5.00. The van der Waals surface area contributed by atoms with Gasteiger partial charge in [0.05, 0.1) is 24.1 Å². The second kappa shape index (κ2) is 5.78. The fourth-order valence-corrected chi connectivity index (χ4v) is 1.74.